The van der Waals surface area contributed by atoms with Gasteiger partial charge in [0.2, 0.25) is 0 Å². The van der Waals surface area contributed by atoms with Crippen molar-refractivity contribution in [2.45, 2.75) is 31.7 Å². The van der Waals surface area contributed by atoms with E-state index in [1.165, 1.54) is 6.07 Å². The Bertz CT molecular complexity index is 675. The number of rotatable bonds is 4. The van der Waals surface area contributed by atoms with Crippen molar-refractivity contribution in [3.05, 3.63) is 70.8 Å². The Kier molecular flexibility index (Phi) is 4.71. The summed E-state index contributed by atoms with van der Waals surface area (Å²) >= 11 is 0. The molecule has 2 N–H and O–H groups in total. The van der Waals surface area contributed by atoms with Crippen molar-refractivity contribution in [2.24, 2.45) is 0 Å². The summed E-state index contributed by atoms with van der Waals surface area (Å²) in [4.78, 5) is 2.06. The van der Waals surface area contributed by atoms with Crippen molar-refractivity contribution in [1.82, 2.24) is 4.90 Å². The molecule has 2 aromatic rings. The van der Waals surface area contributed by atoms with Gasteiger partial charge in [-0.25, -0.2) is 8.78 Å². The summed E-state index contributed by atoms with van der Waals surface area (Å²) in [6, 6.07) is 11.3. The second-order valence-corrected chi connectivity index (χ2v) is 5.98. The van der Waals surface area contributed by atoms with Gasteiger partial charge in [0.25, 0.3) is 0 Å². The van der Waals surface area contributed by atoms with Crippen LogP contribution in [0.15, 0.2) is 42.5 Å². The van der Waals surface area contributed by atoms with Crippen LogP contribution >= 0.6 is 0 Å². The van der Waals surface area contributed by atoms with Gasteiger partial charge in [-0.05, 0) is 35.2 Å². The predicted molar refractivity (Wildman–Crippen MR) is 82.5 cm³/mol. The third-order valence-corrected chi connectivity index (χ3v) is 4.30. The van der Waals surface area contributed by atoms with Crippen molar-refractivity contribution >= 4 is 0 Å². The molecule has 1 heterocycles. The van der Waals surface area contributed by atoms with Gasteiger partial charge in [0.05, 0.1) is 12.7 Å². The minimum atomic E-state index is -0.865. The highest BCUT2D eigenvalue weighted by molar-refractivity contribution is 5.25. The lowest BCUT2D eigenvalue weighted by molar-refractivity contribution is 0.172. The molecule has 1 fully saturated rings. The SMILES string of the molecule is OCc1ccc(CN2C[C@@H](O)C[C@H]2c2ccc(F)c(F)c2)cc1. The molecule has 122 valence electrons. The van der Waals surface area contributed by atoms with E-state index < -0.39 is 17.7 Å². The zero-order chi connectivity index (χ0) is 16.4. The number of benzene rings is 2. The van der Waals surface area contributed by atoms with Crippen molar-refractivity contribution in [3.8, 4) is 0 Å². The lowest BCUT2D eigenvalue weighted by atomic mass is 10.0. The summed E-state index contributed by atoms with van der Waals surface area (Å²) in [5, 5.41) is 19.0. The fourth-order valence-electron chi connectivity index (χ4n) is 3.11. The van der Waals surface area contributed by atoms with Gasteiger partial charge in [-0.1, -0.05) is 30.3 Å². The standard InChI is InChI=1S/C18H19F2NO2/c19-16-6-5-14(7-17(16)20)18-8-15(23)10-21(18)9-12-1-3-13(11-22)4-2-12/h1-7,15,18,22-23H,8-11H2/t15-,18-/m0/s1. The van der Waals surface area contributed by atoms with Crippen molar-refractivity contribution in [2.75, 3.05) is 6.54 Å². The Labute approximate surface area is 133 Å². The lowest BCUT2D eigenvalue weighted by Gasteiger charge is -2.24. The van der Waals surface area contributed by atoms with Crippen LogP contribution in [0.4, 0.5) is 8.78 Å². The first kappa shape index (κ1) is 16.1. The first-order valence-electron chi connectivity index (χ1n) is 7.62. The van der Waals surface area contributed by atoms with E-state index in [1.807, 2.05) is 24.3 Å². The zero-order valence-electron chi connectivity index (χ0n) is 12.6. The van der Waals surface area contributed by atoms with Crippen molar-refractivity contribution in [3.63, 3.8) is 0 Å². The van der Waals surface area contributed by atoms with Crippen LogP contribution in [-0.2, 0) is 13.2 Å². The molecule has 1 aliphatic heterocycles. The number of β-amino-alcohol motifs (C(OH)–C–C–N with tert-alkyl or cyclic N) is 1. The number of hydrogen-bond donors (Lipinski definition) is 2. The number of likely N-dealkylation sites (tertiary alicyclic amines) is 1. The molecule has 2 atom stereocenters. The summed E-state index contributed by atoms with van der Waals surface area (Å²) < 4.78 is 26.6. The maximum absolute atomic E-state index is 13.5. The molecule has 0 aliphatic carbocycles. The average Bonchev–Trinajstić information content (AvgIpc) is 2.91. The number of aliphatic hydroxyl groups excluding tert-OH is 2. The van der Waals surface area contributed by atoms with Gasteiger partial charge < -0.3 is 10.2 Å². The molecular weight excluding hydrogens is 300 g/mol. The molecule has 23 heavy (non-hydrogen) atoms. The highest BCUT2D eigenvalue weighted by atomic mass is 19.2. The topological polar surface area (TPSA) is 43.7 Å². The minimum absolute atomic E-state index is 0.000188. The number of hydrogen-bond acceptors (Lipinski definition) is 3. The van der Waals surface area contributed by atoms with Crippen LogP contribution in [0.25, 0.3) is 0 Å². The molecule has 3 nitrogen and oxygen atoms in total. The van der Waals surface area contributed by atoms with E-state index in [2.05, 4.69) is 4.90 Å². The zero-order valence-corrected chi connectivity index (χ0v) is 12.6. The van der Waals surface area contributed by atoms with E-state index >= 15 is 0 Å². The van der Waals surface area contributed by atoms with Crippen LogP contribution in [0, 0.1) is 11.6 Å². The molecule has 1 aliphatic rings. The molecule has 3 rings (SSSR count). The van der Waals surface area contributed by atoms with Crippen LogP contribution in [0.5, 0.6) is 0 Å². The van der Waals surface area contributed by atoms with Gasteiger partial charge in [0.15, 0.2) is 11.6 Å². The molecule has 0 spiro atoms. The van der Waals surface area contributed by atoms with E-state index in [0.717, 1.165) is 17.2 Å². The number of nitrogens with zero attached hydrogens (tertiary/aromatic N) is 1. The summed E-state index contributed by atoms with van der Waals surface area (Å²) in [5.74, 6) is -1.73. The Morgan fingerprint density at radius 1 is 1.00 bits per heavy atom. The smallest absolute Gasteiger partial charge is 0.159 e. The number of halogens is 2. The van der Waals surface area contributed by atoms with E-state index in [0.29, 0.717) is 25.1 Å². The number of aliphatic hydroxyl groups is 2. The molecule has 0 unspecified atom stereocenters. The summed E-state index contributed by atoms with van der Waals surface area (Å²) in [7, 11) is 0. The van der Waals surface area contributed by atoms with Crippen LogP contribution in [-0.4, -0.2) is 27.8 Å². The maximum atomic E-state index is 13.5. The first-order valence-corrected chi connectivity index (χ1v) is 7.62. The van der Waals surface area contributed by atoms with E-state index in [4.69, 9.17) is 5.11 Å². The summed E-state index contributed by atoms with van der Waals surface area (Å²) in [6.07, 6.45) is 0.0182. The van der Waals surface area contributed by atoms with Gasteiger partial charge in [0, 0.05) is 19.1 Å². The van der Waals surface area contributed by atoms with Crippen molar-refractivity contribution in [1.29, 1.82) is 0 Å². The summed E-state index contributed by atoms with van der Waals surface area (Å²) in [6.45, 7) is 1.10. The third-order valence-electron chi connectivity index (χ3n) is 4.30. The Balaban J connectivity index is 1.79. The monoisotopic (exact) mass is 319 g/mol. The quantitative estimate of drug-likeness (QED) is 0.911. The summed E-state index contributed by atoms with van der Waals surface area (Å²) in [5.41, 5.74) is 2.56. The molecule has 0 bridgehead atoms. The fourth-order valence-corrected chi connectivity index (χ4v) is 3.11. The van der Waals surface area contributed by atoms with Crippen LogP contribution < -0.4 is 0 Å². The van der Waals surface area contributed by atoms with Gasteiger partial charge in [0.1, 0.15) is 0 Å². The van der Waals surface area contributed by atoms with Gasteiger partial charge in [-0.2, -0.15) is 0 Å². The second kappa shape index (κ2) is 6.74. The minimum Gasteiger partial charge on any atom is -0.392 e. The second-order valence-electron chi connectivity index (χ2n) is 5.98. The Morgan fingerprint density at radius 3 is 2.35 bits per heavy atom. The molecule has 2 aromatic carbocycles. The molecule has 0 saturated carbocycles. The van der Waals surface area contributed by atoms with Crippen molar-refractivity contribution < 1.29 is 19.0 Å². The fraction of sp³-hybridized carbons (Fsp3) is 0.333. The molecule has 0 amide bonds. The van der Waals surface area contributed by atoms with Crippen LogP contribution in [0.2, 0.25) is 0 Å². The normalized spacial score (nSPS) is 21.7. The Morgan fingerprint density at radius 2 is 1.70 bits per heavy atom. The highest BCUT2D eigenvalue weighted by Crippen LogP contribution is 2.34. The highest BCUT2D eigenvalue weighted by Gasteiger charge is 2.32. The molecule has 0 aromatic heterocycles. The first-order chi connectivity index (χ1) is 11.1. The van der Waals surface area contributed by atoms with E-state index in [9.17, 15) is 13.9 Å². The largest absolute Gasteiger partial charge is 0.392 e. The van der Waals surface area contributed by atoms with E-state index in [-0.39, 0.29) is 12.6 Å². The van der Waals surface area contributed by atoms with Crippen LogP contribution in [0.1, 0.15) is 29.2 Å². The van der Waals surface area contributed by atoms with Crippen LogP contribution in [0.3, 0.4) is 0 Å². The average molecular weight is 319 g/mol. The van der Waals surface area contributed by atoms with Gasteiger partial charge >= 0.3 is 0 Å². The Hall–Kier alpha value is -1.82. The molecular formula is C18H19F2NO2. The predicted octanol–water partition coefficient (Wildman–Crippen LogP) is 2.77. The maximum Gasteiger partial charge on any atom is 0.159 e. The van der Waals surface area contributed by atoms with Gasteiger partial charge in [-0.3, -0.25) is 4.90 Å². The molecule has 5 heteroatoms. The lowest BCUT2D eigenvalue weighted by Crippen LogP contribution is -2.24. The van der Waals surface area contributed by atoms with E-state index in [1.54, 1.807) is 6.07 Å². The third kappa shape index (κ3) is 3.58. The molecule has 1 saturated heterocycles. The van der Waals surface area contributed by atoms with Gasteiger partial charge in [-0.15, -0.1) is 0 Å². The molecule has 0 radical (unpaired) electrons.